The maximum Gasteiger partial charge on any atom is 0.222 e. The number of benzene rings is 1. The molecule has 0 bridgehead atoms. The van der Waals surface area contributed by atoms with E-state index >= 15 is 0 Å². The van der Waals surface area contributed by atoms with Crippen molar-refractivity contribution in [1.29, 1.82) is 0 Å². The average molecular weight is 220 g/mol. The van der Waals surface area contributed by atoms with Gasteiger partial charge in [0.2, 0.25) is 5.91 Å². The fourth-order valence-corrected chi connectivity index (χ4v) is 1.51. The van der Waals surface area contributed by atoms with Crippen LogP contribution in [0.4, 0.5) is 5.69 Å². The molecule has 0 spiro atoms. The first-order valence-electron chi connectivity index (χ1n) is 5.72. The normalized spacial score (nSPS) is 10.1. The number of anilines is 1. The molecule has 1 rings (SSSR count). The first-order chi connectivity index (χ1) is 7.63. The molecule has 0 aliphatic rings. The van der Waals surface area contributed by atoms with Crippen molar-refractivity contribution in [3.05, 3.63) is 29.8 Å². The number of likely N-dealkylation sites (N-methyl/N-ethyl adjacent to an activating group) is 1. The molecule has 0 aliphatic carbocycles. The first kappa shape index (κ1) is 12.6. The highest BCUT2D eigenvalue weighted by Gasteiger charge is 2.06. The van der Waals surface area contributed by atoms with Crippen molar-refractivity contribution < 1.29 is 4.79 Å². The molecule has 2 N–H and O–H groups in total. The van der Waals surface area contributed by atoms with E-state index < -0.39 is 0 Å². The van der Waals surface area contributed by atoms with E-state index in [2.05, 4.69) is 0 Å². The average Bonchev–Trinajstić information content (AvgIpc) is 2.28. The summed E-state index contributed by atoms with van der Waals surface area (Å²) in [7, 11) is 1.86. The molecule has 1 aromatic carbocycles. The van der Waals surface area contributed by atoms with Gasteiger partial charge in [0.25, 0.3) is 0 Å². The first-order valence-corrected chi connectivity index (χ1v) is 5.72. The van der Waals surface area contributed by atoms with Crippen molar-refractivity contribution >= 4 is 11.6 Å². The maximum atomic E-state index is 11.5. The highest BCUT2D eigenvalue weighted by molar-refractivity contribution is 5.75. The van der Waals surface area contributed by atoms with Gasteiger partial charge in [0, 0.05) is 25.7 Å². The lowest BCUT2D eigenvalue weighted by Crippen LogP contribution is -2.28. The monoisotopic (exact) mass is 220 g/mol. The van der Waals surface area contributed by atoms with Crippen LogP contribution in [0.5, 0.6) is 0 Å². The lowest BCUT2D eigenvalue weighted by Gasteiger charge is -2.16. The predicted molar refractivity (Wildman–Crippen MR) is 67.1 cm³/mol. The van der Waals surface area contributed by atoms with Gasteiger partial charge >= 0.3 is 0 Å². The highest BCUT2D eigenvalue weighted by Crippen LogP contribution is 2.07. The molecule has 0 unspecified atom stereocenters. The molecule has 0 aromatic heterocycles. The van der Waals surface area contributed by atoms with E-state index in [0.29, 0.717) is 6.42 Å². The van der Waals surface area contributed by atoms with Crippen LogP contribution in [-0.4, -0.2) is 24.4 Å². The van der Waals surface area contributed by atoms with Gasteiger partial charge in [-0.2, -0.15) is 0 Å². The van der Waals surface area contributed by atoms with Gasteiger partial charge in [-0.25, -0.2) is 0 Å². The zero-order chi connectivity index (χ0) is 12.0. The number of hydrogen-bond acceptors (Lipinski definition) is 2. The van der Waals surface area contributed by atoms with Crippen LogP contribution in [0, 0.1) is 0 Å². The Balaban J connectivity index is 2.39. The molecule has 1 aromatic rings. The summed E-state index contributed by atoms with van der Waals surface area (Å²) in [6, 6.07) is 7.80. The van der Waals surface area contributed by atoms with E-state index in [0.717, 1.165) is 25.1 Å². The fourth-order valence-electron chi connectivity index (χ4n) is 1.51. The topological polar surface area (TPSA) is 46.3 Å². The van der Waals surface area contributed by atoms with E-state index in [1.54, 1.807) is 4.90 Å². The number of nitrogens with two attached hydrogens (primary N) is 1. The quantitative estimate of drug-likeness (QED) is 0.772. The molecule has 0 saturated heterocycles. The summed E-state index contributed by atoms with van der Waals surface area (Å²) in [5.41, 5.74) is 7.60. The summed E-state index contributed by atoms with van der Waals surface area (Å²) < 4.78 is 0. The Kier molecular flexibility index (Phi) is 4.83. The van der Waals surface area contributed by atoms with Gasteiger partial charge in [-0.05, 0) is 30.5 Å². The second kappa shape index (κ2) is 6.16. The number of nitrogens with zero attached hydrogens (tertiary/aromatic N) is 1. The summed E-state index contributed by atoms with van der Waals surface area (Å²) in [6.45, 7) is 2.79. The zero-order valence-electron chi connectivity index (χ0n) is 10.1. The van der Waals surface area contributed by atoms with Gasteiger partial charge in [-0.15, -0.1) is 0 Å². The Labute approximate surface area is 97.2 Å². The molecule has 0 fully saturated rings. The molecule has 16 heavy (non-hydrogen) atoms. The third-order valence-electron chi connectivity index (χ3n) is 2.61. The standard InChI is InChI=1S/C13H20N2O/c1-3-4-13(16)15(2)10-9-11-5-7-12(14)8-6-11/h5-8H,3-4,9-10,14H2,1-2H3. The Morgan fingerprint density at radius 1 is 1.31 bits per heavy atom. The summed E-state index contributed by atoms with van der Waals surface area (Å²) in [6.07, 6.45) is 2.43. The maximum absolute atomic E-state index is 11.5. The zero-order valence-corrected chi connectivity index (χ0v) is 10.1. The summed E-state index contributed by atoms with van der Waals surface area (Å²) >= 11 is 0. The van der Waals surface area contributed by atoms with Crippen molar-refractivity contribution in [2.24, 2.45) is 0 Å². The Morgan fingerprint density at radius 3 is 2.50 bits per heavy atom. The number of hydrogen-bond donors (Lipinski definition) is 1. The van der Waals surface area contributed by atoms with E-state index in [4.69, 9.17) is 5.73 Å². The van der Waals surface area contributed by atoms with Crippen LogP contribution in [0.2, 0.25) is 0 Å². The van der Waals surface area contributed by atoms with E-state index in [1.165, 1.54) is 5.56 Å². The van der Waals surface area contributed by atoms with E-state index in [1.807, 2.05) is 38.2 Å². The molecule has 3 nitrogen and oxygen atoms in total. The van der Waals surface area contributed by atoms with Crippen LogP contribution < -0.4 is 5.73 Å². The van der Waals surface area contributed by atoms with Gasteiger partial charge in [0.05, 0.1) is 0 Å². The van der Waals surface area contributed by atoms with Crippen LogP contribution >= 0.6 is 0 Å². The molecule has 3 heteroatoms. The van der Waals surface area contributed by atoms with Crippen LogP contribution in [0.25, 0.3) is 0 Å². The number of carbonyl (C=O) groups excluding carboxylic acids is 1. The minimum atomic E-state index is 0.220. The van der Waals surface area contributed by atoms with Crippen molar-refractivity contribution in [2.75, 3.05) is 19.3 Å². The number of amides is 1. The molecule has 0 saturated carbocycles. The lowest BCUT2D eigenvalue weighted by molar-refractivity contribution is -0.129. The van der Waals surface area contributed by atoms with Crippen LogP contribution in [0.1, 0.15) is 25.3 Å². The van der Waals surface area contributed by atoms with Crippen molar-refractivity contribution in [1.82, 2.24) is 4.90 Å². The minimum Gasteiger partial charge on any atom is -0.399 e. The molecular weight excluding hydrogens is 200 g/mol. The second-order valence-corrected chi connectivity index (χ2v) is 4.06. The lowest BCUT2D eigenvalue weighted by atomic mass is 10.1. The Bertz CT molecular complexity index is 332. The molecule has 0 aliphatic heterocycles. The minimum absolute atomic E-state index is 0.220. The molecule has 0 atom stereocenters. The number of rotatable bonds is 5. The van der Waals surface area contributed by atoms with Gasteiger partial charge in [0.1, 0.15) is 0 Å². The van der Waals surface area contributed by atoms with Gasteiger partial charge in [-0.3, -0.25) is 4.79 Å². The number of nitrogen functional groups attached to an aromatic ring is 1. The van der Waals surface area contributed by atoms with Crippen molar-refractivity contribution in [3.63, 3.8) is 0 Å². The molecule has 1 amide bonds. The van der Waals surface area contributed by atoms with E-state index in [-0.39, 0.29) is 5.91 Å². The smallest absolute Gasteiger partial charge is 0.222 e. The van der Waals surface area contributed by atoms with Crippen molar-refractivity contribution in [2.45, 2.75) is 26.2 Å². The summed E-state index contributed by atoms with van der Waals surface area (Å²) in [4.78, 5) is 13.3. The SMILES string of the molecule is CCCC(=O)N(C)CCc1ccc(N)cc1. The number of carbonyl (C=O) groups is 1. The third-order valence-corrected chi connectivity index (χ3v) is 2.61. The third kappa shape index (κ3) is 3.93. The molecular formula is C13H20N2O. The second-order valence-electron chi connectivity index (χ2n) is 4.06. The predicted octanol–water partition coefficient (Wildman–Crippen LogP) is 2.07. The Morgan fingerprint density at radius 2 is 1.94 bits per heavy atom. The van der Waals surface area contributed by atoms with Gasteiger partial charge in [0.15, 0.2) is 0 Å². The Hall–Kier alpha value is -1.51. The van der Waals surface area contributed by atoms with Gasteiger partial charge in [-0.1, -0.05) is 19.1 Å². The fraction of sp³-hybridized carbons (Fsp3) is 0.462. The summed E-state index contributed by atoms with van der Waals surface area (Å²) in [5.74, 6) is 0.220. The van der Waals surface area contributed by atoms with Crippen LogP contribution in [0.3, 0.4) is 0 Å². The molecule has 0 heterocycles. The van der Waals surface area contributed by atoms with E-state index in [9.17, 15) is 4.79 Å². The summed E-state index contributed by atoms with van der Waals surface area (Å²) in [5, 5.41) is 0. The van der Waals surface area contributed by atoms with Crippen LogP contribution in [0.15, 0.2) is 24.3 Å². The molecule has 88 valence electrons. The van der Waals surface area contributed by atoms with Crippen molar-refractivity contribution in [3.8, 4) is 0 Å². The van der Waals surface area contributed by atoms with Crippen LogP contribution in [-0.2, 0) is 11.2 Å². The van der Waals surface area contributed by atoms with Gasteiger partial charge < -0.3 is 10.6 Å². The largest absolute Gasteiger partial charge is 0.399 e. The highest BCUT2D eigenvalue weighted by atomic mass is 16.2. The molecule has 0 radical (unpaired) electrons.